The predicted molar refractivity (Wildman–Crippen MR) is 89.7 cm³/mol. The minimum atomic E-state index is 0.427. The SMILES string of the molecule is CNCCC(c1ccccc1)c1cc2ccccc2n1C. The number of aromatic nitrogens is 1. The maximum Gasteiger partial charge on any atom is 0.0480 e. The van der Waals surface area contributed by atoms with Crippen LogP contribution in [0.2, 0.25) is 0 Å². The summed E-state index contributed by atoms with van der Waals surface area (Å²) in [6.45, 7) is 1.01. The van der Waals surface area contributed by atoms with Crippen molar-refractivity contribution in [2.24, 2.45) is 7.05 Å². The first kappa shape index (κ1) is 13.9. The molecular weight excluding hydrogens is 256 g/mol. The van der Waals surface area contributed by atoms with E-state index >= 15 is 0 Å². The summed E-state index contributed by atoms with van der Waals surface area (Å²) in [4.78, 5) is 0. The van der Waals surface area contributed by atoms with Crippen LogP contribution in [0.15, 0.2) is 60.7 Å². The van der Waals surface area contributed by atoms with Crippen molar-refractivity contribution >= 4 is 10.9 Å². The van der Waals surface area contributed by atoms with Crippen LogP contribution in [0.25, 0.3) is 10.9 Å². The highest BCUT2D eigenvalue weighted by atomic mass is 15.0. The van der Waals surface area contributed by atoms with Crippen molar-refractivity contribution < 1.29 is 0 Å². The fraction of sp³-hybridized carbons (Fsp3) is 0.263. The standard InChI is InChI=1S/C19H22N2/c1-20-13-12-17(15-8-4-3-5-9-15)19-14-16-10-6-7-11-18(16)21(19)2/h3-11,14,17,20H,12-13H2,1-2H3. The van der Waals surface area contributed by atoms with Crippen LogP contribution in [0.5, 0.6) is 0 Å². The summed E-state index contributed by atoms with van der Waals surface area (Å²) in [6.07, 6.45) is 1.10. The first-order chi connectivity index (χ1) is 10.3. The average molecular weight is 278 g/mol. The Morgan fingerprint density at radius 2 is 1.71 bits per heavy atom. The lowest BCUT2D eigenvalue weighted by molar-refractivity contribution is 0.632. The molecule has 3 aromatic rings. The van der Waals surface area contributed by atoms with Gasteiger partial charge in [-0.25, -0.2) is 0 Å². The number of nitrogens with zero attached hydrogens (tertiary/aromatic N) is 1. The van der Waals surface area contributed by atoms with Crippen molar-refractivity contribution in [2.45, 2.75) is 12.3 Å². The average Bonchev–Trinajstić information content (AvgIpc) is 2.86. The van der Waals surface area contributed by atoms with Gasteiger partial charge in [-0.05, 0) is 43.1 Å². The van der Waals surface area contributed by atoms with Crippen LogP contribution in [0.1, 0.15) is 23.6 Å². The van der Waals surface area contributed by atoms with Crippen LogP contribution in [-0.2, 0) is 7.05 Å². The normalized spacial score (nSPS) is 12.7. The number of nitrogens with one attached hydrogen (secondary N) is 1. The molecule has 108 valence electrons. The Kier molecular flexibility index (Phi) is 4.07. The van der Waals surface area contributed by atoms with Crippen LogP contribution in [0, 0.1) is 0 Å². The zero-order valence-electron chi connectivity index (χ0n) is 12.7. The van der Waals surface area contributed by atoms with Gasteiger partial charge in [0.15, 0.2) is 0 Å². The van der Waals surface area contributed by atoms with Gasteiger partial charge in [0, 0.05) is 24.2 Å². The van der Waals surface area contributed by atoms with E-state index in [9.17, 15) is 0 Å². The Morgan fingerprint density at radius 1 is 1.00 bits per heavy atom. The van der Waals surface area contributed by atoms with E-state index in [-0.39, 0.29) is 0 Å². The molecule has 0 spiro atoms. The lowest BCUT2D eigenvalue weighted by Gasteiger charge is -2.19. The van der Waals surface area contributed by atoms with Crippen LogP contribution in [-0.4, -0.2) is 18.2 Å². The Balaban J connectivity index is 2.08. The lowest BCUT2D eigenvalue weighted by atomic mass is 9.92. The van der Waals surface area contributed by atoms with Crippen molar-refractivity contribution in [3.8, 4) is 0 Å². The third kappa shape index (κ3) is 2.72. The van der Waals surface area contributed by atoms with E-state index in [1.54, 1.807) is 0 Å². The van der Waals surface area contributed by atoms with Gasteiger partial charge in [-0.2, -0.15) is 0 Å². The molecule has 0 fully saturated rings. The molecule has 0 radical (unpaired) electrons. The molecule has 1 unspecified atom stereocenters. The van der Waals surface area contributed by atoms with E-state index < -0.39 is 0 Å². The van der Waals surface area contributed by atoms with Gasteiger partial charge in [-0.15, -0.1) is 0 Å². The number of hydrogen-bond acceptors (Lipinski definition) is 1. The topological polar surface area (TPSA) is 17.0 Å². The molecule has 1 N–H and O–H groups in total. The van der Waals surface area contributed by atoms with E-state index in [1.165, 1.54) is 22.2 Å². The number of rotatable bonds is 5. The molecular formula is C19H22N2. The van der Waals surface area contributed by atoms with E-state index in [1.807, 2.05) is 7.05 Å². The number of hydrogen-bond donors (Lipinski definition) is 1. The Morgan fingerprint density at radius 3 is 2.43 bits per heavy atom. The second kappa shape index (κ2) is 6.15. The maximum atomic E-state index is 3.28. The molecule has 0 aliphatic heterocycles. The van der Waals surface area contributed by atoms with Gasteiger partial charge in [-0.3, -0.25) is 0 Å². The van der Waals surface area contributed by atoms with Crippen LogP contribution in [0.4, 0.5) is 0 Å². The molecule has 2 aromatic carbocycles. The van der Waals surface area contributed by atoms with Crippen LogP contribution in [0.3, 0.4) is 0 Å². The maximum absolute atomic E-state index is 3.28. The zero-order valence-corrected chi connectivity index (χ0v) is 12.7. The molecule has 2 nitrogen and oxygen atoms in total. The van der Waals surface area contributed by atoms with Gasteiger partial charge < -0.3 is 9.88 Å². The Bertz CT molecular complexity index is 713. The second-order valence-electron chi connectivity index (χ2n) is 5.54. The van der Waals surface area contributed by atoms with Crippen molar-refractivity contribution in [3.05, 3.63) is 71.9 Å². The largest absolute Gasteiger partial charge is 0.347 e. The molecule has 0 aliphatic rings. The quantitative estimate of drug-likeness (QED) is 0.748. The highest BCUT2D eigenvalue weighted by molar-refractivity contribution is 5.81. The van der Waals surface area contributed by atoms with E-state index in [0.29, 0.717) is 5.92 Å². The predicted octanol–water partition coefficient (Wildman–Crippen LogP) is 3.92. The van der Waals surface area contributed by atoms with E-state index in [2.05, 4.69) is 77.6 Å². The summed E-state index contributed by atoms with van der Waals surface area (Å²) in [7, 11) is 4.19. The molecule has 0 saturated carbocycles. The Labute approximate surface area is 126 Å². The van der Waals surface area contributed by atoms with Crippen LogP contribution < -0.4 is 5.32 Å². The van der Waals surface area contributed by atoms with Crippen molar-refractivity contribution in [1.29, 1.82) is 0 Å². The number of fused-ring (bicyclic) bond motifs is 1. The summed E-state index contributed by atoms with van der Waals surface area (Å²) in [5, 5.41) is 4.60. The summed E-state index contributed by atoms with van der Waals surface area (Å²) >= 11 is 0. The Hall–Kier alpha value is -2.06. The molecule has 0 saturated heterocycles. The molecule has 0 bridgehead atoms. The summed E-state index contributed by atoms with van der Waals surface area (Å²) < 4.78 is 2.34. The zero-order chi connectivity index (χ0) is 14.7. The van der Waals surface area contributed by atoms with Gasteiger partial charge in [-0.1, -0.05) is 48.5 Å². The van der Waals surface area contributed by atoms with E-state index in [0.717, 1.165) is 13.0 Å². The van der Waals surface area contributed by atoms with Gasteiger partial charge in [0.1, 0.15) is 0 Å². The molecule has 1 atom stereocenters. The summed E-state index contributed by atoms with van der Waals surface area (Å²) in [5.41, 5.74) is 4.08. The fourth-order valence-electron chi connectivity index (χ4n) is 3.10. The summed E-state index contributed by atoms with van der Waals surface area (Å²) in [5.74, 6) is 0.427. The first-order valence-electron chi connectivity index (χ1n) is 7.55. The number of para-hydroxylation sites is 1. The van der Waals surface area contributed by atoms with Gasteiger partial charge >= 0.3 is 0 Å². The monoisotopic (exact) mass is 278 g/mol. The van der Waals surface area contributed by atoms with Crippen molar-refractivity contribution in [3.63, 3.8) is 0 Å². The number of benzene rings is 2. The fourth-order valence-corrected chi connectivity index (χ4v) is 3.10. The van der Waals surface area contributed by atoms with Gasteiger partial charge in [0.2, 0.25) is 0 Å². The molecule has 21 heavy (non-hydrogen) atoms. The van der Waals surface area contributed by atoms with Crippen molar-refractivity contribution in [1.82, 2.24) is 9.88 Å². The van der Waals surface area contributed by atoms with Gasteiger partial charge in [0.05, 0.1) is 0 Å². The van der Waals surface area contributed by atoms with Gasteiger partial charge in [0.25, 0.3) is 0 Å². The molecule has 1 heterocycles. The molecule has 3 rings (SSSR count). The number of aryl methyl sites for hydroxylation is 1. The molecule has 0 amide bonds. The first-order valence-corrected chi connectivity index (χ1v) is 7.55. The molecule has 0 aliphatic carbocycles. The molecule has 1 aromatic heterocycles. The third-order valence-corrected chi connectivity index (χ3v) is 4.23. The smallest absolute Gasteiger partial charge is 0.0480 e. The molecule has 2 heteroatoms. The van der Waals surface area contributed by atoms with Crippen molar-refractivity contribution in [2.75, 3.05) is 13.6 Å². The summed E-state index contributed by atoms with van der Waals surface area (Å²) in [6, 6.07) is 21.7. The second-order valence-corrected chi connectivity index (χ2v) is 5.54. The van der Waals surface area contributed by atoms with Crippen LogP contribution >= 0.6 is 0 Å². The highest BCUT2D eigenvalue weighted by Gasteiger charge is 2.18. The minimum Gasteiger partial charge on any atom is -0.347 e. The lowest BCUT2D eigenvalue weighted by Crippen LogP contribution is -2.15. The highest BCUT2D eigenvalue weighted by Crippen LogP contribution is 2.31. The third-order valence-electron chi connectivity index (χ3n) is 4.23. The minimum absolute atomic E-state index is 0.427. The van der Waals surface area contributed by atoms with E-state index in [4.69, 9.17) is 0 Å².